The second kappa shape index (κ2) is 11.4. The Kier molecular flexibility index (Phi) is 9.89. The number of aliphatic imine (C=N–C) groups is 1. The minimum absolute atomic E-state index is 0. The van der Waals surface area contributed by atoms with Gasteiger partial charge in [-0.05, 0) is 30.5 Å². The van der Waals surface area contributed by atoms with Crippen molar-refractivity contribution < 1.29 is 4.52 Å². The van der Waals surface area contributed by atoms with Crippen LogP contribution in [0.5, 0.6) is 0 Å². The quantitative estimate of drug-likeness (QED) is 0.360. The number of aryl methyl sites for hydroxylation is 2. The molecule has 25 heavy (non-hydrogen) atoms. The molecule has 0 saturated carbocycles. The highest BCUT2D eigenvalue weighted by Crippen LogP contribution is 2.15. The number of nitrogens with one attached hydrogen (secondary N) is 2. The molecule has 0 bridgehead atoms. The van der Waals surface area contributed by atoms with Crippen LogP contribution < -0.4 is 10.6 Å². The molecule has 0 spiro atoms. The topological polar surface area (TPSA) is 62.5 Å². The van der Waals surface area contributed by atoms with Crippen molar-refractivity contribution in [2.75, 3.05) is 13.6 Å². The Balaban J connectivity index is 0.00000312. The number of aromatic nitrogens is 1. The van der Waals surface area contributed by atoms with Gasteiger partial charge in [-0.3, -0.25) is 4.99 Å². The molecule has 5 nitrogen and oxygen atoms in total. The molecule has 0 aliphatic rings. The number of halogens is 2. The van der Waals surface area contributed by atoms with E-state index in [1.54, 1.807) is 7.05 Å². The molecular weight excluding hydrogens is 451 g/mol. The van der Waals surface area contributed by atoms with Crippen molar-refractivity contribution in [3.8, 4) is 0 Å². The van der Waals surface area contributed by atoms with Crippen molar-refractivity contribution in [3.05, 3.63) is 51.9 Å². The van der Waals surface area contributed by atoms with Crippen molar-refractivity contribution >= 4 is 41.5 Å². The third-order valence-electron chi connectivity index (χ3n) is 3.88. The molecule has 2 aromatic rings. The highest BCUT2D eigenvalue weighted by atomic mass is 127. The number of nitrogens with zero attached hydrogens (tertiary/aromatic N) is 2. The fourth-order valence-corrected chi connectivity index (χ4v) is 2.63. The maximum absolute atomic E-state index is 5.90. The van der Waals surface area contributed by atoms with Gasteiger partial charge in [-0.15, -0.1) is 24.0 Å². The Morgan fingerprint density at radius 2 is 1.88 bits per heavy atom. The minimum Gasteiger partial charge on any atom is -0.361 e. The van der Waals surface area contributed by atoms with E-state index >= 15 is 0 Å². The minimum atomic E-state index is 0. The summed E-state index contributed by atoms with van der Waals surface area (Å²) in [5.74, 6) is 1.71. The standard InChI is InChI=1S/C18H25ClN4O.HI/c1-4-16-15(17(5-2)24-23-16)12-22-18(20-3)21-11-10-13-6-8-14(19)9-7-13;/h6-9H,4-5,10-12H2,1-3H3,(H2,20,21,22);1H. The van der Waals surface area contributed by atoms with E-state index in [1.165, 1.54) is 5.56 Å². The number of benzene rings is 1. The fourth-order valence-electron chi connectivity index (χ4n) is 2.51. The first-order valence-electron chi connectivity index (χ1n) is 8.33. The lowest BCUT2D eigenvalue weighted by atomic mass is 10.1. The molecule has 0 fully saturated rings. The maximum Gasteiger partial charge on any atom is 0.191 e. The van der Waals surface area contributed by atoms with Crippen LogP contribution in [0, 0.1) is 0 Å². The number of guanidine groups is 1. The zero-order valence-corrected chi connectivity index (χ0v) is 18.0. The van der Waals surface area contributed by atoms with Crippen LogP contribution in [0.2, 0.25) is 5.02 Å². The van der Waals surface area contributed by atoms with E-state index in [2.05, 4.69) is 34.6 Å². The summed E-state index contributed by atoms with van der Waals surface area (Å²) in [5.41, 5.74) is 3.39. The van der Waals surface area contributed by atoms with E-state index in [9.17, 15) is 0 Å². The molecule has 0 unspecified atom stereocenters. The third-order valence-corrected chi connectivity index (χ3v) is 4.13. The third kappa shape index (κ3) is 6.51. The van der Waals surface area contributed by atoms with Gasteiger partial charge in [0.05, 0.1) is 5.69 Å². The normalized spacial score (nSPS) is 11.1. The lowest BCUT2D eigenvalue weighted by molar-refractivity contribution is 0.380. The average molecular weight is 477 g/mol. The SMILES string of the molecule is CCc1noc(CC)c1CNC(=NC)NCCc1ccc(Cl)cc1.I. The fraction of sp³-hybridized carbons (Fsp3) is 0.444. The van der Waals surface area contributed by atoms with Crippen LogP contribution in [0.1, 0.15) is 36.4 Å². The van der Waals surface area contributed by atoms with Gasteiger partial charge in [-0.2, -0.15) is 0 Å². The summed E-state index contributed by atoms with van der Waals surface area (Å²) < 4.78 is 5.39. The van der Waals surface area contributed by atoms with E-state index in [-0.39, 0.29) is 24.0 Å². The largest absolute Gasteiger partial charge is 0.361 e. The summed E-state index contributed by atoms with van der Waals surface area (Å²) in [5, 5.41) is 11.6. The second-order valence-electron chi connectivity index (χ2n) is 5.47. The summed E-state index contributed by atoms with van der Waals surface area (Å²) in [7, 11) is 1.77. The Labute approximate surface area is 171 Å². The molecule has 138 valence electrons. The summed E-state index contributed by atoms with van der Waals surface area (Å²) in [6.07, 6.45) is 2.61. The lowest BCUT2D eigenvalue weighted by Gasteiger charge is -2.12. The van der Waals surface area contributed by atoms with Crippen molar-refractivity contribution in [1.29, 1.82) is 0 Å². The average Bonchev–Trinajstić information content (AvgIpc) is 3.01. The molecule has 2 N–H and O–H groups in total. The maximum atomic E-state index is 5.90. The van der Waals surface area contributed by atoms with Gasteiger partial charge in [-0.25, -0.2) is 0 Å². The van der Waals surface area contributed by atoms with Crippen LogP contribution >= 0.6 is 35.6 Å². The number of hydrogen-bond donors (Lipinski definition) is 2. The Bertz CT molecular complexity index is 649. The molecule has 0 amide bonds. The van der Waals surface area contributed by atoms with Gasteiger partial charge in [0.2, 0.25) is 0 Å². The lowest BCUT2D eigenvalue weighted by Crippen LogP contribution is -2.38. The molecule has 0 saturated heterocycles. The van der Waals surface area contributed by atoms with E-state index in [0.717, 1.165) is 53.8 Å². The number of rotatable bonds is 7. The van der Waals surface area contributed by atoms with Crippen LogP contribution in [0.25, 0.3) is 0 Å². The molecule has 7 heteroatoms. The van der Waals surface area contributed by atoms with Crippen molar-refractivity contribution in [1.82, 2.24) is 15.8 Å². The Hall–Kier alpha value is -1.28. The molecule has 1 aromatic heterocycles. The zero-order valence-electron chi connectivity index (χ0n) is 14.9. The molecule has 1 aromatic carbocycles. The van der Waals surface area contributed by atoms with Crippen LogP contribution in [0.3, 0.4) is 0 Å². The smallest absolute Gasteiger partial charge is 0.191 e. The molecule has 0 atom stereocenters. The highest BCUT2D eigenvalue weighted by Gasteiger charge is 2.13. The molecule has 1 heterocycles. The van der Waals surface area contributed by atoms with Gasteiger partial charge >= 0.3 is 0 Å². The molecule has 2 rings (SSSR count). The van der Waals surface area contributed by atoms with Gasteiger partial charge in [0.15, 0.2) is 5.96 Å². The monoisotopic (exact) mass is 476 g/mol. The van der Waals surface area contributed by atoms with Crippen molar-refractivity contribution in [2.24, 2.45) is 4.99 Å². The zero-order chi connectivity index (χ0) is 17.4. The predicted molar refractivity (Wildman–Crippen MR) is 114 cm³/mol. The summed E-state index contributed by atoms with van der Waals surface area (Å²) in [4.78, 5) is 4.27. The van der Waals surface area contributed by atoms with Gasteiger partial charge in [0, 0.05) is 37.1 Å². The van der Waals surface area contributed by atoms with Gasteiger partial charge in [0.1, 0.15) is 5.76 Å². The predicted octanol–water partition coefficient (Wildman–Crippen LogP) is 3.98. The van der Waals surface area contributed by atoms with Gasteiger partial charge in [-0.1, -0.05) is 42.7 Å². The van der Waals surface area contributed by atoms with Crippen LogP contribution in [-0.2, 0) is 25.8 Å². The van der Waals surface area contributed by atoms with E-state index in [4.69, 9.17) is 16.1 Å². The highest BCUT2D eigenvalue weighted by molar-refractivity contribution is 14.0. The first-order valence-corrected chi connectivity index (χ1v) is 8.70. The van der Waals surface area contributed by atoms with E-state index in [0.29, 0.717) is 6.54 Å². The van der Waals surface area contributed by atoms with E-state index in [1.807, 2.05) is 24.3 Å². The van der Waals surface area contributed by atoms with Gasteiger partial charge in [0.25, 0.3) is 0 Å². The summed E-state index contributed by atoms with van der Waals surface area (Å²) >= 11 is 5.90. The first-order chi connectivity index (χ1) is 11.7. The Morgan fingerprint density at radius 1 is 1.16 bits per heavy atom. The summed E-state index contributed by atoms with van der Waals surface area (Å²) in [6, 6.07) is 7.90. The first kappa shape index (κ1) is 21.8. The van der Waals surface area contributed by atoms with Crippen LogP contribution in [0.15, 0.2) is 33.8 Å². The summed E-state index contributed by atoms with van der Waals surface area (Å²) in [6.45, 7) is 5.62. The van der Waals surface area contributed by atoms with Gasteiger partial charge < -0.3 is 15.2 Å². The van der Waals surface area contributed by atoms with Crippen LogP contribution in [-0.4, -0.2) is 24.7 Å². The Morgan fingerprint density at radius 3 is 2.48 bits per heavy atom. The van der Waals surface area contributed by atoms with Crippen LogP contribution in [0.4, 0.5) is 0 Å². The molecule has 0 aliphatic heterocycles. The second-order valence-corrected chi connectivity index (χ2v) is 5.90. The molecule has 0 radical (unpaired) electrons. The van der Waals surface area contributed by atoms with Crippen molar-refractivity contribution in [3.63, 3.8) is 0 Å². The number of hydrogen-bond acceptors (Lipinski definition) is 3. The van der Waals surface area contributed by atoms with Crippen molar-refractivity contribution in [2.45, 2.75) is 39.7 Å². The molecular formula is C18H26ClIN4O. The molecule has 0 aliphatic carbocycles. The van der Waals surface area contributed by atoms with E-state index < -0.39 is 0 Å².